The van der Waals surface area contributed by atoms with E-state index in [9.17, 15) is 0 Å². The first-order valence-corrected chi connectivity index (χ1v) is 7.47. The van der Waals surface area contributed by atoms with Crippen LogP contribution in [0.3, 0.4) is 0 Å². The summed E-state index contributed by atoms with van der Waals surface area (Å²) in [4.78, 5) is -0.659. The van der Waals surface area contributed by atoms with E-state index >= 15 is 0 Å². The van der Waals surface area contributed by atoms with Gasteiger partial charge in [-0.15, -0.1) is 11.6 Å². The van der Waals surface area contributed by atoms with Gasteiger partial charge in [-0.25, -0.2) is 0 Å². The van der Waals surface area contributed by atoms with Crippen LogP contribution in [0.25, 0.3) is 0 Å². The SMILES string of the molecule is Cc1ccccc1C(Cl)(c1ccccc1)c1ccccc1. The molecule has 0 heterocycles. The predicted molar refractivity (Wildman–Crippen MR) is 89.8 cm³/mol. The van der Waals surface area contributed by atoms with Gasteiger partial charge in [0, 0.05) is 0 Å². The van der Waals surface area contributed by atoms with Crippen molar-refractivity contribution in [3.8, 4) is 0 Å². The molecule has 0 saturated heterocycles. The lowest BCUT2D eigenvalue weighted by Crippen LogP contribution is -2.23. The maximum absolute atomic E-state index is 7.22. The Hall–Kier alpha value is -2.05. The zero-order chi connectivity index (χ0) is 14.7. The van der Waals surface area contributed by atoms with Crippen molar-refractivity contribution in [2.45, 2.75) is 11.8 Å². The van der Waals surface area contributed by atoms with E-state index in [0.717, 1.165) is 16.7 Å². The van der Waals surface area contributed by atoms with E-state index in [1.54, 1.807) is 0 Å². The second kappa shape index (κ2) is 5.75. The Morgan fingerprint density at radius 1 is 0.619 bits per heavy atom. The second-order valence-electron chi connectivity index (χ2n) is 5.21. The van der Waals surface area contributed by atoms with Gasteiger partial charge in [0.2, 0.25) is 0 Å². The molecule has 3 aromatic rings. The summed E-state index contributed by atoms with van der Waals surface area (Å²) in [6.45, 7) is 2.11. The van der Waals surface area contributed by atoms with Gasteiger partial charge in [0.1, 0.15) is 4.87 Å². The molecule has 0 unspecified atom stereocenters. The highest BCUT2D eigenvalue weighted by atomic mass is 35.5. The van der Waals surface area contributed by atoms with E-state index in [1.165, 1.54) is 5.56 Å². The molecule has 0 spiro atoms. The van der Waals surface area contributed by atoms with Crippen LogP contribution < -0.4 is 0 Å². The van der Waals surface area contributed by atoms with Gasteiger partial charge in [-0.1, -0.05) is 84.9 Å². The molecule has 0 saturated carbocycles. The summed E-state index contributed by atoms with van der Waals surface area (Å²) in [7, 11) is 0. The van der Waals surface area contributed by atoms with E-state index in [-0.39, 0.29) is 0 Å². The lowest BCUT2D eigenvalue weighted by atomic mass is 9.82. The fourth-order valence-corrected chi connectivity index (χ4v) is 3.24. The Balaban J connectivity index is 2.29. The molecule has 1 heteroatoms. The normalized spacial score (nSPS) is 11.3. The molecule has 104 valence electrons. The number of aryl methyl sites for hydroxylation is 1. The zero-order valence-corrected chi connectivity index (χ0v) is 12.7. The summed E-state index contributed by atoms with van der Waals surface area (Å²) in [5.41, 5.74) is 4.50. The summed E-state index contributed by atoms with van der Waals surface area (Å²) in [6, 6.07) is 28.9. The van der Waals surface area contributed by atoms with Crippen molar-refractivity contribution in [2.75, 3.05) is 0 Å². The largest absolute Gasteiger partial charge is 0.120 e. The fraction of sp³-hybridized carbons (Fsp3) is 0.100. The zero-order valence-electron chi connectivity index (χ0n) is 12.0. The third-order valence-electron chi connectivity index (χ3n) is 3.86. The van der Waals surface area contributed by atoms with Crippen LogP contribution in [-0.4, -0.2) is 0 Å². The van der Waals surface area contributed by atoms with Crippen molar-refractivity contribution < 1.29 is 0 Å². The van der Waals surface area contributed by atoms with Crippen LogP contribution in [0, 0.1) is 6.92 Å². The van der Waals surface area contributed by atoms with Crippen LogP contribution in [-0.2, 0) is 4.87 Å². The highest BCUT2D eigenvalue weighted by molar-refractivity contribution is 6.28. The molecule has 0 aliphatic heterocycles. The van der Waals surface area contributed by atoms with E-state index in [0.29, 0.717) is 0 Å². The van der Waals surface area contributed by atoms with Crippen LogP contribution in [0.2, 0.25) is 0 Å². The third kappa shape index (κ3) is 2.48. The number of hydrogen-bond donors (Lipinski definition) is 0. The van der Waals surface area contributed by atoms with Crippen molar-refractivity contribution in [3.05, 3.63) is 107 Å². The molecule has 0 amide bonds. The van der Waals surface area contributed by atoms with Crippen LogP contribution in [0.4, 0.5) is 0 Å². The molecule has 0 nitrogen and oxygen atoms in total. The molecule has 0 N–H and O–H groups in total. The highest BCUT2D eigenvalue weighted by Crippen LogP contribution is 2.44. The molecular weight excluding hydrogens is 276 g/mol. The molecule has 21 heavy (non-hydrogen) atoms. The van der Waals surface area contributed by atoms with Gasteiger partial charge in [0.15, 0.2) is 0 Å². The molecule has 3 rings (SSSR count). The number of alkyl halides is 1. The molecular formula is C20H17Cl. The minimum Gasteiger partial charge on any atom is -0.104 e. The lowest BCUT2D eigenvalue weighted by Gasteiger charge is -2.30. The van der Waals surface area contributed by atoms with Crippen LogP contribution >= 0.6 is 11.6 Å². The first-order chi connectivity index (χ1) is 10.2. The fourth-order valence-electron chi connectivity index (χ4n) is 2.77. The lowest BCUT2D eigenvalue weighted by molar-refractivity contribution is 0.869. The Morgan fingerprint density at radius 2 is 1.05 bits per heavy atom. The summed E-state index contributed by atoms with van der Waals surface area (Å²) < 4.78 is 0. The topological polar surface area (TPSA) is 0 Å². The molecule has 0 fully saturated rings. The van der Waals surface area contributed by atoms with Gasteiger partial charge in [-0.2, -0.15) is 0 Å². The number of benzene rings is 3. The van der Waals surface area contributed by atoms with Crippen molar-refractivity contribution >= 4 is 11.6 Å². The van der Waals surface area contributed by atoms with Gasteiger partial charge in [0.05, 0.1) is 0 Å². The molecule has 3 aromatic carbocycles. The molecule has 0 atom stereocenters. The Kier molecular flexibility index (Phi) is 3.81. The maximum atomic E-state index is 7.22. The van der Waals surface area contributed by atoms with E-state index < -0.39 is 4.87 Å². The Morgan fingerprint density at radius 3 is 1.52 bits per heavy atom. The smallest absolute Gasteiger partial charge is 0.104 e. The first kappa shape index (κ1) is 13.9. The van der Waals surface area contributed by atoms with Crippen molar-refractivity contribution in [2.24, 2.45) is 0 Å². The Labute approximate surface area is 131 Å². The Bertz CT molecular complexity index is 678. The quantitative estimate of drug-likeness (QED) is 0.440. The number of hydrogen-bond acceptors (Lipinski definition) is 0. The van der Waals surface area contributed by atoms with E-state index in [4.69, 9.17) is 11.6 Å². The predicted octanol–water partition coefficient (Wildman–Crippen LogP) is 5.53. The molecule has 0 bridgehead atoms. The van der Waals surface area contributed by atoms with Gasteiger partial charge in [0.25, 0.3) is 0 Å². The monoisotopic (exact) mass is 292 g/mol. The minimum absolute atomic E-state index is 0.659. The number of halogens is 1. The van der Waals surface area contributed by atoms with Crippen LogP contribution in [0.15, 0.2) is 84.9 Å². The molecule has 0 aliphatic carbocycles. The van der Waals surface area contributed by atoms with E-state index in [1.807, 2.05) is 48.5 Å². The molecule has 0 aliphatic rings. The summed E-state index contributed by atoms with van der Waals surface area (Å²) in [5.74, 6) is 0. The van der Waals surface area contributed by atoms with Crippen molar-refractivity contribution in [1.29, 1.82) is 0 Å². The third-order valence-corrected chi connectivity index (χ3v) is 4.50. The average Bonchev–Trinajstić information content (AvgIpc) is 2.56. The van der Waals surface area contributed by atoms with Gasteiger partial charge in [-0.05, 0) is 29.2 Å². The molecule has 0 aromatic heterocycles. The number of rotatable bonds is 3. The standard InChI is InChI=1S/C20H17Cl/c1-16-10-8-9-15-19(16)20(21,17-11-4-2-5-12-17)18-13-6-3-7-14-18/h2-15H,1H3. The molecule has 0 radical (unpaired) electrons. The minimum atomic E-state index is -0.659. The second-order valence-corrected chi connectivity index (χ2v) is 5.77. The van der Waals surface area contributed by atoms with Gasteiger partial charge < -0.3 is 0 Å². The summed E-state index contributed by atoms with van der Waals surface area (Å²) in [5, 5.41) is 0. The van der Waals surface area contributed by atoms with Gasteiger partial charge >= 0.3 is 0 Å². The maximum Gasteiger partial charge on any atom is 0.120 e. The summed E-state index contributed by atoms with van der Waals surface area (Å²) >= 11 is 7.22. The van der Waals surface area contributed by atoms with E-state index in [2.05, 4.69) is 43.3 Å². The van der Waals surface area contributed by atoms with Crippen LogP contribution in [0.1, 0.15) is 22.3 Å². The van der Waals surface area contributed by atoms with Crippen molar-refractivity contribution in [1.82, 2.24) is 0 Å². The van der Waals surface area contributed by atoms with Crippen LogP contribution in [0.5, 0.6) is 0 Å². The summed E-state index contributed by atoms with van der Waals surface area (Å²) in [6.07, 6.45) is 0. The van der Waals surface area contributed by atoms with Gasteiger partial charge in [-0.3, -0.25) is 0 Å². The van der Waals surface area contributed by atoms with Crippen molar-refractivity contribution in [3.63, 3.8) is 0 Å². The first-order valence-electron chi connectivity index (χ1n) is 7.09. The average molecular weight is 293 g/mol. The highest BCUT2D eigenvalue weighted by Gasteiger charge is 2.34.